The second kappa shape index (κ2) is 11.6. The van der Waals surface area contributed by atoms with Crippen LogP contribution < -0.4 is 0 Å². The maximum atomic E-state index is 16.2. The van der Waals surface area contributed by atoms with E-state index < -0.39 is 28.7 Å². The Balaban J connectivity index is 1.72. The Morgan fingerprint density at radius 3 is 2.42 bits per heavy atom. The number of rotatable bonds is 11. The molecule has 40 heavy (non-hydrogen) atoms. The molecule has 0 amide bonds. The van der Waals surface area contributed by atoms with Crippen LogP contribution in [0, 0.1) is 33.9 Å². The Hall–Kier alpha value is -3.35. The molecule has 4 rings (SSSR count). The summed E-state index contributed by atoms with van der Waals surface area (Å²) in [6.45, 7) is 2.62. The fraction of sp³-hybridized carbons (Fsp3) is 0.552. The van der Waals surface area contributed by atoms with Crippen LogP contribution in [0.2, 0.25) is 0 Å². The molecule has 2 aliphatic rings. The molecule has 2 heterocycles. The zero-order chi connectivity index (χ0) is 29.1. The van der Waals surface area contributed by atoms with Crippen molar-refractivity contribution < 1.29 is 23.4 Å². The van der Waals surface area contributed by atoms with E-state index in [1.807, 2.05) is 18.0 Å². The second-order valence-corrected chi connectivity index (χ2v) is 11.0. The third kappa shape index (κ3) is 5.74. The Kier molecular flexibility index (Phi) is 8.62. The van der Waals surface area contributed by atoms with E-state index in [4.69, 9.17) is 10.00 Å². The molecule has 11 heteroatoms. The largest absolute Gasteiger partial charge is 0.382 e. The molecule has 1 aliphatic heterocycles. The summed E-state index contributed by atoms with van der Waals surface area (Å²) in [5.74, 6) is -0.495. The highest BCUT2D eigenvalue weighted by molar-refractivity contribution is 5.78. The molecular weight excluding hydrogens is 518 g/mol. The molecule has 1 aliphatic carbocycles. The van der Waals surface area contributed by atoms with Gasteiger partial charge in [0.25, 0.3) is 0 Å². The van der Waals surface area contributed by atoms with E-state index in [0.717, 1.165) is 6.07 Å². The van der Waals surface area contributed by atoms with Crippen molar-refractivity contribution in [2.75, 3.05) is 33.8 Å². The van der Waals surface area contributed by atoms with Crippen LogP contribution >= 0.6 is 0 Å². The number of hydrogen-bond donors (Lipinski definition) is 1. The number of nitrogens with zero attached hydrogens (tertiary/aromatic N) is 6. The van der Waals surface area contributed by atoms with Gasteiger partial charge in [0.05, 0.1) is 30.2 Å². The molecule has 9 nitrogen and oxygen atoms in total. The number of nitriles is 2. The first-order valence-corrected chi connectivity index (χ1v) is 13.4. The van der Waals surface area contributed by atoms with E-state index in [1.54, 1.807) is 18.9 Å². The number of aliphatic hydroxyl groups is 1. The molecule has 1 saturated carbocycles. The van der Waals surface area contributed by atoms with E-state index >= 15 is 8.78 Å². The Bertz CT molecular complexity index is 1310. The maximum Gasteiger partial charge on any atom is 0.150 e. The van der Waals surface area contributed by atoms with Gasteiger partial charge in [0.2, 0.25) is 0 Å². The van der Waals surface area contributed by atoms with Gasteiger partial charge in [-0.3, -0.25) is 9.69 Å². The van der Waals surface area contributed by atoms with Crippen LogP contribution in [0.1, 0.15) is 78.1 Å². The van der Waals surface area contributed by atoms with Gasteiger partial charge in [0.1, 0.15) is 35.2 Å². The van der Waals surface area contributed by atoms with E-state index in [0.29, 0.717) is 38.0 Å². The standard InChI is InChI=1S/C29H34F2N6O3/c1-4-29(39,28(31)7-9-36(2)10-8-28)22-11-21(17-38)25(23(30)12-22)26(40-19-27(18-33)5-6-27)37(3)16-24-34-14-20(13-32)15-35-24/h11-12,14-15,17,26,39H,4-10,16,19H2,1-3H3/t26-,29?/m1/s1. The lowest BCUT2D eigenvalue weighted by Crippen LogP contribution is -2.54. The van der Waals surface area contributed by atoms with E-state index in [9.17, 15) is 15.2 Å². The van der Waals surface area contributed by atoms with E-state index in [1.165, 1.54) is 18.5 Å². The lowest BCUT2D eigenvalue weighted by atomic mass is 9.71. The summed E-state index contributed by atoms with van der Waals surface area (Å²) in [6, 6.07) is 6.62. The van der Waals surface area contributed by atoms with Crippen LogP contribution in [-0.4, -0.2) is 70.6 Å². The molecule has 1 aromatic heterocycles. The second-order valence-electron chi connectivity index (χ2n) is 11.0. The van der Waals surface area contributed by atoms with Gasteiger partial charge in [0.15, 0.2) is 6.29 Å². The zero-order valence-corrected chi connectivity index (χ0v) is 23.0. The molecular formula is C29H34F2N6O3. The van der Waals surface area contributed by atoms with Crippen LogP contribution in [0.5, 0.6) is 0 Å². The van der Waals surface area contributed by atoms with Gasteiger partial charge in [-0.25, -0.2) is 18.7 Å². The van der Waals surface area contributed by atoms with Crippen LogP contribution in [0.15, 0.2) is 24.5 Å². The third-order valence-corrected chi connectivity index (χ3v) is 8.28. The van der Waals surface area contributed by atoms with Crippen molar-refractivity contribution in [2.24, 2.45) is 5.41 Å². The molecule has 212 valence electrons. The fourth-order valence-corrected chi connectivity index (χ4v) is 5.31. The fourth-order valence-electron chi connectivity index (χ4n) is 5.31. The smallest absolute Gasteiger partial charge is 0.150 e. The molecule has 1 N–H and O–H groups in total. The van der Waals surface area contributed by atoms with Gasteiger partial charge in [-0.2, -0.15) is 10.5 Å². The first kappa shape index (κ1) is 29.6. The van der Waals surface area contributed by atoms with Crippen molar-refractivity contribution in [2.45, 2.75) is 63.1 Å². The number of benzene rings is 1. The highest BCUT2D eigenvalue weighted by Crippen LogP contribution is 2.48. The average molecular weight is 553 g/mol. The number of likely N-dealkylation sites (tertiary alicyclic amines) is 1. The number of ether oxygens (including phenoxy) is 1. The molecule has 0 bridgehead atoms. The number of aromatic nitrogens is 2. The monoisotopic (exact) mass is 552 g/mol. The summed E-state index contributed by atoms with van der Waals surface area (Å²) >= 11 is 0. The molecule has 2 aromatic rings. The molecule has 1 saturated heterocycles. The summed E-state index contributed by atoms with van der Waals surface area (Å²) in [5.41, 5.74) is -4.55. The van der Waals surface area contributed by atoms with E-state index in [2.05, 4.69) is 16.0 Å². The lowest BCUT2D eigenvalue weighted by Gasteiger charge is -2.46. The number of halogens is 2. The van der Waals surface area contributed by atoms with Crippen LogP contribution in [0.3, 0.4) is 0 Å². The molecule has 1 aromatic carbocycles. The molecule has 1 unspecified atom stereocenters. The normalized spacial score (nSPS) is 20.2. The summed E-state index contributed by atoms with van der Waals surface area (Å²) in [7, 11) is 3.51. The van der Waals surface area contributed by atoms with Crippen LogP contribution in [0.25, 0.3) is 0 Å². The number of hydrogen-bond acceptors (Lipinski definition) is 9. The minimum atomic E-state index is -2.00. The van der Waals surface area contributed by atoms with Gasteiger partial charge in [0, 0.05) is 36.6 Å². The summed E-state index contributed by atoms with van der Waals surface area (Å²) in [5, 5.41) is 30.2. The Morgan fingerprint density at radius 2 is 1.90 bits per heavy atom. The van der Waals surface area contributed by atoms with Crippen molar-refractivity contribution >= 4 is 6.29 Å². The van der Waals surface area contributed by atoms with Crippen LogP contribution in [0.4, 0.5) is 8.78 Å². The van der Waals surface area contributed by atoms with Gasteiger partial charge < -0.3 is 14.7 Å². The van der Waals surface area contributed by atoms with Crippen molar-refractivity contribution in [3.05, 3.63) is 58.4 Å². The number of carbonyl (C=O) groups excluding carboxylic acids is 1. The van der Waals surface area contributed by atoms with Gasteiger partial charge in [-0.1, -0.05) is 6.92 Å². The van der Waals surface area contributed by atoms with Crippen LogP contribution in [-0.2, 0) is 16.9 Å². The molecule has 2 fully saturated rings. The van der Waals surface area contributed by atoms with Crippen molar-refractivity contribution in [1.29, 1.82) is 10.5 Å². The minimum absolute atomic E-state index is 0.00193. The maximum absolute atomic E-state index is 16.2. The predicted molar refractivity (Wildman–Crippen MR) is 141 cm³/mol. The zero-order valence-electron chi connectivity index (χ0n) is 23.0. The molecule has 0 spiro atoms. The van der Waals surface area contributed by atoms with Gasteiger partial charge >= 0.3 is 0 Å². The highest BCUT2D eigenvalue weighted by atomic mass is 19.1. The summed E-state index contributed by atoms with van der Waals surface area (Å²) in [4.78, 5) is 24.2. The molecule has 0 radical (unpaired) electrons. The van der Waals surface area contributed by atoms with Crippen molar-refractivity contribution in [3.63, 3.8) is 0 Å². The first-order valence-electron chi connectivity index (χ1n) is 13.4. The third-order valence-electron chi connectivity index (χ3n) is 8.28. The number of carbonyl (C=O) groups is 1. The minimum Gasteiger partial charge on any atom is -0.382 e. The van der Waals surface area contributed by atoms with E-state index in [-0.39, 0.29) is 54.7 Å². The predicted octanol–water partition coefficient (Wildman–Crippen LogP) is 3.78. The Morgan fingerprint density at radius 1 is 1.25 bits per heavy atom. The summed E-state index contributed by atoms with van der Waals surface area (Å²) < 4.78 is 38.4. The number of aldehydes is 1. The topological polar surface area (TPSA) is 126 Å². The highest BCUT2D eigenvalue weighted by Gasteiger charge is 2.53. The van der Waals surface area contributed by atoms with Crippen molar-refractivity contribution in [3.8, 4) is 12.1 Å². The number of alkyl halides is 1. The lowest BCUT2D eigenvalue weighted by molar-refractivity contribution is -0.136. The van der Waals surface area contributed by atoms with Gasteiger partial charge in [-0.15, -0.1) is 0 Å². The summed E-state index contributed by atoms with van der Waals surface area (Å²) in [6.07, 6.45) is 3.53. The van der Waals surface area contributed by atoms with Crippen molar-refractivity contribution in [1.82, 2.24) is 19.8 Å². The Labute approximate surface area is 233 Å². The quantitative estimate of drug-likeness (QED) is 0.327. The average Bonchev–Trinajstić information content (AvgIpc) is 3.75. The number of piperidine rings is 1. The molecule has 2 atom stereocenters. The van der Waals surface area contributed by atoms with Gasteiger partial charge in [-0.05, 0) is 63.9 Å². The first-order chi connectivity index (χ1) is 19.0. The SMILES string of the molecule is CCC(O)(c1cc(F)c([C@@H](OCC2(C#N)CC2)N(C)Cc2ncc(C#N)cn2)c(C=O)c1)C1(F)CCN(C)CC1.